The fourth-order valence-electron chi connectivity index (χ4n) is 2.94. The van der Waals surface area contributed by atoms with Crippen molar-refractivity contribution in [1.82, 2.24) is 15.1 Å². The number of hydrogen-bond acceptors (Lipinski definition) is 9. The van der Waals surface area contributed by atoms with Crippen LogP contribution in [0.4, 0.5) is 0 Å². The van der Waals surface area contributed by atoms with Crippen LogP contribution in [-0.4, -0.2) is 79.9 Å². The number of nitro groups is 1. The van der Waals surface area contributed by atoms with Crippen LogP contribution in [0.1, 0.15) is 23.0 Å². The van der Waals surface area contributed by atoms with Crippen molar-refractivity contribution in [3.63, 3.8) is 0 Å². The molecular formula is C22H35N5O4S2. The molecule has 0 aliphatic rings. The lowest BCUT2D eigenvalue weighted by atomic mass is 10.4. The predicted molar refractivity (Wildman–Crippen MR) is 137 cm³/mol. The molecular weight excluding hydrogens is 462 g/mol. The molecule has 0 aliphatic heterocycles. The van der Waals surface area contributed by atoms with Crippen LogP contribution >= 0.6 is 23.5 Å². The normalized spacial score (nSPS) is 12.1. The van der Waals surface area contributed by atoms with E-state index in [1.165, 1.54) is 0 Å². The molecule has 0 unspecified atom stereocenters. The van der Waals surface area contributed by atoms with Crippen LogP contribution in [0.2, 0.25) is 0 Å². The van der Waals surface area contributed by atoms with Crippen molar-refractivity contribution in [1.29, 1.82) is 0 Å². The monoisotopic (exact) mass is 497 g/mol. The maximum atomic E-state index is 11.0. The lowest BCUT2D eigenvalue weighted by molar-refractivity contribution is -0.463. The van der Waals surface area contributed by atoms with Gasteiger partial charge in [-0.15, -0.1) is 0 Å². The Morgan fingerprint density at radius 3 is 1.97 bits per heavy atom. The molecule has 0 radical (unpaired) electrons. The van der Waals surface area contributed by atoms with Gasteiger partial charge in [-0.3, -0.25) is 15.1 Å². The van der Waals surface area contributed by atoms with E-state index in [9.17, 15) is 10.1 Å². The SMILES string of the molecule is CN(C)Cc1ccc(CSCCN=C(C[N+](=O)[O-])NCCSCc2ccc(CN(C)C)o2)o1. The van der Waals surface area contributed by atoms with E-state index in [-0.39, 0.29) is 11.5 Å². The Hall–Kier alpha value is -1.95. The zero-order chi connectivity index (χ0) is 24.1. The number of furan rings is 2. The third-order valence-corrected chi connectivity index (χ3v) is 6.20. The third kappa shape index (κ3) is 12.2. The first-order valence-electron chi connectivity index (χ1n) is 10.8. The molecule has 2 aromatic rings. The number of nitrogens with zero attached hydrogens (tertiary/aromatic N) is 4. The Bertz CT molecular complexity index is 867. The number of thioether (sulfide) groups is 2. The van der Waals surface area contributed by atoms with Gasteiger partial charge in [0, 0.05) is 23.0 Å². The summed E-state index contributed by atoms with van der Waals surface area (Å²) in [6, 6.07) is 8.00. The van der Waals surface area contributed by atoms with Crippen molar-refractivity contribution in [3.8, 4) is 0 Å². The largest absolute Gasteiger partial charge is 0.464 e. The summed E-state index contributed by atoms with van der Waals surface area (Å²) >= 11 is 3.43. The highest BCUT2D eigenvalue weighted by molar-refractivity contribution is 7.98. The van der Waals surface area contributed by atoms with Crippen LogP contribution in [0, 0.1) is 10.1 Å². The highest BCUT2D eigenvalue weighted by Crippen LogP contribution is 2.17. The summed E-state index contributed by atoms with van der Waals surface area (Å²) in [5.41, 5.74) is 0. The standard InChI is InChI=1S/C22H35N5O4S2/c1-25(2)13-18-5-7-20(30-18)16-32-11-9-23-22(15-27(28)29)24-10-12-33-17-21-8-6-19(31-21)14-26(3)4/h5-8H,9-17H2,1-4H3,(H,23,24). The molecule has 0 amide bonds. The number of nitrogens with one attached hydrogen (secondary N) is 1. The minimum atomic E-state index is -0.351. The van der Waals surface area contributed by atoms with Crippen LogP contribution in [-0.2, 0) is 24.6 Å². The zero-order valence-electron chi connectivity index (χ0n) is 19.9. The highest BCUT2D eigenvalue weighted by Gasteiger charge is 2.08. The van der Waals surface area contributed by atoms with Crippen LogP contribution < -0.4 is 5.32 Å². The van der Waals surface area contributed by atoms with E-state index in [2.05, 4.69) is 20.1 Å². The highest BCUT2D eigenvalue weighted by atomic mass is 32.2. The Kier molecular flexibility index (Phi) is 12.4. The van der Waals surface area contributed by atoms with Gasteiger partial charge < -0.3 is 24.0 Å². The average molecular weight is 498 g/mol. The number of hydrogen-bond donors (Lipinski definition) is 1. The first-order chi connectivity index (χ1) is 15.8. The van der Waals surface area contributed by atoms with Gasteiger partial charge in [0.1, 0.15) is 23.0 Å². The maximum Gasteiger partial charge on any atom is 0.259 e. The van der Waals surface area contributed by atoms with Gasteiger partial charge in [-0.1, -0.05) is 0 Å². The molecule has 0 spiro atoms. The average Bonchev–Trinajstić information content (AvgIpc) is 3.35. The second kappa shape index (κ2) is 15.0. The van der Waals surface area contributed by atoms with E-state index in [1.54, 1.807) is 23.5 Å². The fourth-order valence-corrected chi connectivity index (χ4v) is 4.40. The molecule has 2 rings (SSSR count). The molecule has 0 saturated heterocycles. The van der Waals surface area contributed by atoms with Crippen LogP contribution in [0.15, 0.2) is 38.1 Å². The van der Waals surface area contributed by atoms with Crippen molar-refractivity contribution in [2.75, 3.05) is 59.3 Å². The van der Waals surface area contributed by atoms with Crippen molar-refractivity contribution in [2.45, 2.75) is 24.6 Å². The van der Waals surface area contributed by atoms with E-state index < -0.39 is 0 Å². The van der Waals surface area contributed by atoms with Gasteiger partial charge in [0.05, 0.1) is 31.1 Å². The quantitative estimate of drug-likeness (QED) is 0.123. The molecule has 2 aromatic heterocycles. The van der Waals surface area contributed by atoms with Gasteiger partial charge in [0.2, 0.25) is 0 Å². The molecule has 0 saturated carbocycles. The predicted octanol–water partition coefficient (Wildman–Crippen LogP) is 3.43. The summed E-state index contributed by atoms with van der Waals surface area (Å²) in [5.74, 6) is 7.33. The Morgan fingerprint density at radius 1 is 0.939 bits per heavy atom. The van der Waals surface area contributed by atoms with Gasteiger partial charge in [-0.25, -0.2) is 0 Å². The van der Waals surface area contributed by atoms with Crippen molar-refractivity contribution in [3.05, 3.63) is 57.4 Å². The molecule has 0 aromatic carbocycles. The van der Waals surface area contributed by atoms with E-state index in [0.717, 1.165) is 59.1 Å². The molecule has 1 N–H and O–H groups in total. The Labute approximate surface area is 204 Å². The Morgan fingerprint density at radius 2 is 1.45 bits per heavy atom. The van der Waals surface area contributed by atoms with Crippen LogP contribution in [0.5, 0.6) is 0 Å². The molecule has 184 valence electrons. The minimum absolute atomic E-state index is 0.284. The number of rotatable bonds is 16. The molecule has 0 bridgehead atoms. The lowest BCUT2D eigenvalue weighted by Gasteiger charge is -2.07. The number of aliphatic imine (C=N–C) groups is 1. The minimum Gasteiger partial charge on any atom is -0.464 e. The first kappa shape index (κ1) is 27.3. The van der Waals surface area contributed by atoms with Crippen LogP contribution in [0.3, 0.4) is 0 Å². The molecule has 2 heterocycles. The molecule has 0 aliphatic carbocycles. The first-order valence-corrected chi connectivity index (χ1v) is 13.1. The summed E-state index contributed by atoms with van der Waals surface area (Å²) in [4.78, 5) is 19.1. The topological polar surface area (TPSA) is 100 Å². The van der Waals surface area contributed by atoms with Crippen molar-refractivity contribution >= 4 is 29.4 Å². The van der Waals surface area contributed by atoms with E-state index >= 15 is 0 Å². The van der Waals surface area contributed by atoms with Crippen molar-refractivity contribution < 1.29 is 13.8 Å². The second-order valence-corrected chi connectivity index (χ2v) is 10.3. The van der Waals surface area contributed by atoms with E-state index in [0.29, 0.717) is 18.9 Å². The van der Waals surface area contributed by atoms with Crippen molar-refractivity contribution in [2.24, 2.45) is 4.99 Å². The Balaban J connectivity index is 1.64. The van der Waals surface area contributed by atoms with Gasteiger partial charge >= 0.3 is 0 Å². The maximum absolute atomic E-state index is 11.0. The summed E-state index contributed by atoms with van der Waals surface area (Å²) in [6.07, 6.45) is 0. The molecule has 9 nitrogen and oxygen atoms in total. The molecule has 0 atom stereocenters. The fraction of sp³-hybridized carbons (Fsp3) is 0.591. The molecule has 0 fully saturated rings. The molecule has 33 heavy (non-hydrogen) atoms. The zero-order valence-corrected chi connectivity index (χ0v) is 21.5. The van der Waals surface area contributed by atoms with E-state index in [4.69, 9.17) is 8.83 Å². The van der Waals surface area contributed by atoms with Gasteiger partial charge in [-0.2, -0.15) is 23.5 Å². The second-order valence-electron chi connectivity index (χ2n) is 8.06. The summed E-state index contributed by atoms with van der Waals surface area (Å²) < 4.78 is 11.6. The third-order valence-electron chi connectivity index (χ3n) is 4.26. The molecule has 11 heteroatoms. The van der Waals surface area contributed by atoms with Gasteiger partial charge in [0.25, 0.3) is 6.54 Å². The van der Waals surface area contributed by atoms with E-state index in [1.807, 2.05) is 52.5 Å². The van der Waals surface area contributed by atoms with Gasteiger partial charge in [0.15, 0.2) is 5.84 Å². The summed E-state index contributed by atoms with van der Waals surface area (Å²) in [5, 5.41) is 14.1. The lowest BCUT2D eigenvalue weighted by Crippen LogP contribution is -2.32. The summed E-state index contributed by atoms with van der Waals surface area (Å²) in [6.45, 7) is 2.43. The number of amidine groups is 1. The van der Waals surface area contributed by atoms with Crippen LogP contribution in [0.25, 0.3) is 0 Å². The summed E-state index contributed by atoms with van der Waals surface area (Å²) in [7, 11) is 8.02. The van der Waals surface area contributed by atoms with Gasteiger partial charge in [-0.05, 0) is 52.5 Å². The smallest absolute Gasteiger partial charge is 0.259 e.